The highest BCUT2D eigenvalue weighted by Gasteiger charge is 2.26. The average molecular weight is 491 g/mol. The topological polar surface area (TPSA) is 108 Å². The van der Waals surface area contributed by atoms with Gasteiger partial charge in [-0.1, -0.05) is 30.3 Å². The fourth-order valence-electron chi connectivity index (χ4n) is 4.14. The van der Waals surface area contributed by atoms with Crippen LogP contribution in [0.15, 0.2) is 59.1 Å². The predicted molar refractivity (Wildman–Crippen MR) is 137 cm³/mol. The Morgan fingerprint density at radius 1 is 1.11 bits per heavy atom. The Bertz CT molecular complexity index is 1340. The summed E-state index contributed by atoms with van der Waals surface area (Å²) < 4.78 is 17.5. The lowest BCUT2D eigenvalue weighted by atomic mass is 10.1. The third-order valence-electron chi connectivity index (χ3n) is 5.77. The fraction of sp³-hybridized carbons (Fsp3) is 0.296. The van der Waals surface area contributed by atoms with Gasteiger partial charge in [0.2, 0.25) is 5.91 Å². The van der Waals surface area contributed by atoms with E-state index >= 15 is 0 Å². The van der Waals surface area contributed by atoms with E-state index in [1.165, 1.54) is 19.8 Å². The molecule has 0 unspecified atom stereocenters. The highest BCUT2D eigenvalue weighted by atomic mass is 16.5. The number of fused-ring (bicyclic) bond motifs is 1. The quantitative estimate of drug-likeness (QED) is 0.297. The Morgan fingerprint density at radius 2 is 1.92 bits per heavy atom. The van der Waals surface area contributed by atoms with Crippen molar-refractivity contribution in [2.45, 2.75) is 32.9 Å². The number of nitrogens with zero attached hydrogens (tertiary/aromatic N) is 2. The third kappa shape index (κ3) is 5.75. The molecule has 0 fully saturated rings. The van der Waals surface area contributed by atoms with E-state index in [1.807, 2.05) is 47.9 Å². The van der Waals surface area contributed by atoms with Crippen molar-refractivity contribution < 1.29 is 23.5 Å². The van der Waals surface area contributed by atoms with E-state index in [0.29, 0.717) is 29.8 Å². The summed E-state index contributed by atoms with van der Waals surface area (Å²) in [6, 6.07) is 15.8. The first kappa shape index (κ1) is 25.0. The molecule has 9 heteroatoms. The maximum absolute atomic E-state index is 12.9. The lowest BCUT2D eigenvalue weighted by Gasteiger charge is -2.11. The number of ether oxygens (including phenoxy) is 2. The summed E-state index contributed by atoms with van der Waals surface area (Å²) in [5, 5.41) is 6.75. The smallest absolute Gasteiger partial charge is 0.356 e. The van der Waals surface area contributed by atoms with Crippen LogP contribution in [-0.2, 0) is 33.8 Å². The summed E-state index contributed by atoms with van der Waals surface area (Å²) in [6.45, 7) is 2.72. The standard InChI is InChI=1S/C27H30N4O5/c1-18-11-12-21(36-18)16-28-20-14-22-24(30-23(32)17-34-2)25(27(33)35-3)31(26(22)29-15-20)13-7-10-19-8-5-4-6-9-19/h4-6,8-9,11-12,14-15,28H,7,10,13,16-17H2,1-3H3,(H,30,32). The minimum absolute atomic E-state index is 0.148. The number of hydrogen-bond donors (Lipinski definition) is 2. The van der Waals surface area contributed by atoms with Crippen LogP contribution in [0.1, 0.15) is 34.0 Å². The summed E-state index contributed by atoms with van der Waals surface area (Å²) in [5.74, 6) is 0.685. The van der Waals surface area contributed by atoms with E-state index in [2.05, 4.69) is 27.8 Å². The normalized spacial score (nSPS) is 11.0. The zero-order valence-electron chi connectivity index (χ0n) is 20.7. The summed E-state index contributed by atoms with van der Waals surface area (Å²) >= 11 is 0. The maximum atomic E-state index is 12.9. The molecule has 0 saturated carbocycles. The second kappa shape index (κ2) is 11.5. The molecular formula is C27H30N4O5. The number of rotatable bonds is 11. The van der Waals surface area contributed by atoms with Gasteiger partial charge in [0, 0.05) is 19.0 Å². The van der Waals surface area contributed by atoms with E-state index in [0.717, 1.165) is 30.0 Å². The average Bonchev–Trinajstić information content (AvgIpc) is 3.43. The molecule has 0 aliphatic heterocycles. The largest absolute Gasteiger partial charge is 0.465 e. The molecule has 188 valence electrons. The predicted octanol–water partition coefficient (Wildman–Crippen LogP) is 4.55. The van der Waals surface area contributed by atoms with Gasteiger partial charge in [0.15, 0.2) is 5.69 Å². The Kier molecular flexibility index (Phi) is 8.02. The van der Waals surface area contributed by atoms with Gasteiger partial charge in [0.05, 0.1) is 31.2 Å². The number of aromatic nitrogens is 2. The number of nitrogens with one attached hydrogen (secondary N) is 2. The number of esters is 1. The van der Waals surface area contributed by atoms with Crippen LogP contribution in [0.2, 0.25) is 0 Å². The molecule has 2 N–H and O–H groups in total. The Labute approximate surface area is 209 Å². The van der Waals surface area contributed by atoms with Crippen molar-refractivity contribution >= 4 is 34.3 Å². The molecule has 0 atom stereocenters. The van der Waals surface area contributed by atoms with Crippen molar-refractivity contribution in [3.8, 4) is 0 Å². The van der Waals surface area contributed by atoms with Gasteiger partial charge in [-0.15, -0.1) is 0 Å². The van der Waals surface area contributed by atoms with Crippen LogP contribution in [0.25, 0.3) is 11.0 Å². The molecule has 36 heavy (non-hydrogen) atoms. The van der Waals surface area contributed by atoms with Crippen LogP contribution in [0, 0.1) is 6.92 Å². The number of methoxy groups -OCH3 is 2. The number of benzene rings is 1. The third-order valence-corrected chi connectivity index (χ3v) is 5.77. The first-order valence-electron chi connectivity index (χ1n) is 11.7. The second-order valence-corrected chi connectivity index (χ2v) is 8.40. The maximum Gasteiger partial charge on any atom is 0.356 e. The SMILES string of the molecule is COCC(=O)Nc1c(C(=O)OC)n(CCCc2ccccc2)c2ncc(NCc3ccc(C)o3)cc12. The molecule has 1 amide bonds. The van der Waals surface area contributed by atoms with Crippen molar-refractivity contribution in [2.75, 3.05) is 31.5 Å². The molecule has 1 aromatic carbocycles. The monoisotopic (exact) mass is 490 g/mol. The molecule has 0 bridgehead atoms. The zero-order chi connectivity index (χ0) is 25.5. The van der Waals surface area contributed by atoms with Gasteiger partial charge in [0.1, 0.15) is 23.8 Å². The Hall–Kier alpha value is -4.11. The summed E-state index contributed by atoms with van der Waals surface area (Å²) in [5.41, 5.74) is 3.10. The Balaban J connectivity index is 1.70. The van der Waals surface area contributed by atoms with Crippen LogP contribution in [0.3, 0.4) is 0 Å². The molecule has 3 aromatic heterocycles. The van der Waals surface area contributed by atoms with Crippen molar-refractivity contribution in [3.63, 3.8) is 0 Å². The second-order valence-electron chi connectivity index (χ2n) is 8.40. The van der Waals surface area contributed by atoms with Crippen LogP contribution >= 0.6 is 0 Å². The molecule has 3 heterocycles. The van der Waals surface area contributed by atoms with E-state index in [9.17, 15) is 9.59 Å². The van der Waals surface area contributed by atoms with Crippen LogP contribution < -0.4 is 10.6 Å². The van der Waals surface area contributed by atoms with Gasteiger partial charge in [-0.05, 0) is 43.5 Å². The molecule has 0 spiro atoms. The van der Waals surface area contributed by atoms with E-state index in [4.69, 9.17) is 13.9 Å². The van der Waals surface area contributed by atoms with Crippen LogP contribution in [0.5, 0.6) is 0 Å². The summed E-state index contributed by atoms with van der Waals surface area (Å²) in [4.78, 5) is 30.0. The molecule has 0 radical (unpaired) electrons. The van der Waals surface area contributed by atoms with Gasteiger partial charge < -0.3 is 29.1 Å². The van der Waals surface area contributed by atoms with Crippen molar-refractivity contribution in [1.82, 2.24) is 9.55 Å². The highest BCUT2D eigenvalue weighted by molar-refractivity contribution is 6.11. The zero-order valence-corrected chi connectivity index (χ0v) is 20.7. The summed E-state index contributed by atoms with van der Waals surface area (Å²) in [6.07, 6.45) is 3.30. The first-order chi connectivity index (χ1) is 17.5. The van der Waals surface area contributed by atoms with Gasteiger partial charge in [-0.2, -0.15) is 0 Å². The number of pyridine rings is 1. The van der Waals surface area contributed by atoms with Crippen molar-refractivity contribution in [1.29, 1.82) is 0 Å². The summed E-state index contributed by atoms with van der Waals surface area (Å²) in [7, 11) is 2.76. The fourth-order valence-corrected chi connectivity index (χ4v) is 4.14. The number of carbonyl (C=O) groups is 2. The number of carbonyl (C=O) groups excluding carboxylic acids is 2. The number of furan rings is 1. The molecule has 4 aromatic rings. The van der Waals surface area contributed by atoms with Gasteiger partial charge in [-0.25, -0.2) is 9.78 Å². The van der Waals surface area contributed by atoms with Crippen molar-refractivity contribution in [2.24, 2.45) is 0 Å². The van der Waals surface area contributed by atoms with Gasteiger partial charge in [0.25, 0.3) is 0 Å². The van der Waals surface area contributed by atoms with Gasteiger partial charge in [-0.3, -0.25) is 4.79 Å². The van der Waals surface area contributed by atoms with Crippen molar-refractivity contribution in [3.05, 3.63) is 77.5 Å². The molecule has 4 rings (SSSR count). The van der Waals surface area contributed by atoms with E-state index < -0.39 is 5.97 Å². The molecule has 9 nitrogen and oxygen atoms in total. The lowest BCUT2D eigenvalue weighted by Crippen LogP contribution is -2.20. The molecule has 0 saturated heterocycles. The van der Waals surface area contributed by atoms with E-state index in [-0.39, 0.29) is 18.2 Å². The number of hydrogen-bond acceptors (Lipinski definition) is 7. The molecular weight excluding hydrogens is 460 g/mol. The first-order valence-corrected chi connectivity index (χ1v) is 11.7. The number of amides is 1. The minimum Gasteiger partial charge on any atom is -0.465 e. The van der Waals surface area contributed by atoms with Crippen LogP contribution in [0.4, 0.5) is 11.4 Å². The molecule has 0 aliphatic rings. The highest BCUT2D eigenvalue weighted by Crippen LogP contribution is 2.33. The molecule has 0 aliphatic carbocycles. The number of aryl methyl sites for hydroxylation is 3. The van der Waals surface area contributed by atoms with Crippen LogP contribution in [-0.4, -0.2) is 42.3 Å². The minimum atomic E-state index is -0.555. The van der Waals surface area contributed by atoms with E-state index in [1.54, 1.807) is 6.20 Å². The Morgan fingerprint density at radius 3 is 2.61 bits per heavy atom. The number of anilines is 2. The van der Waals surface area contributed by atoms with Gasteiger partial charge >= 0.3 is 5.97 Å². The lowest BCUT2D eigenvalue weighted by molar-refractivity contribution is -0.119.